The first-order valence-electron chi connectivity index (χ1n) is 7.44. The van der Waals surface area contributed by atoms with Crippen molar-refractivity contribution in [1.82, 2.24) is 10.6 Å². The van der Waals surface area contributed by atoms with Crippen molar-refractivity contribution in [2.75, 3.05) is 26.9 Å². The van der Waals surface area contributed by atoms with Gasteiger partial charge in [-0.2, -0.15) is 0 Å². The molecule has 0 amide bonds. The van der Waals surface area contributed by atoms with Gasteiger partial charge in [0.1, 0.15) is 0 Å². The van der Waals surface area contributed by atoms with Crippen molar-refractivity contribution < 1.29 is 9.84 Å². The largest absolute Gasteiger partial charge is 0.395 e. The lowest BCUT2D eigenvalue weighted by Gasteiger charge is -2.38. The molecule has 2 aliphatic rings. The van der Waals surface area contributed by atoms with Gasteiger partial charge in [0.15, 0.2) is 0 Å². The summed E-state index contributed by atoms with van der Waals surface area (Å²) in [6.07, 6.45) is 7.86. The highest BCUT2D eigenvalue weighted by Gasteiger charge is 2.33. The molecule has 18 heavy (non-hydrogen) atoms. The third-order valence-corrected chi connectivity index (χ3v) is 4.47. The second-order valence-corrected chi connectivity index (χ2v) is 5.76. The van der Waals surface area contributed by atoms with Gasteiger partial charge in [-0.1, -0.05) is 12.8 Å². The van der Waals surface area contributed by atoms with Gasteiger partial charge in [-0.15, -0.1) is 0 Å². The quantitative estimate of drug-likeness (QED) is 0.661. The Kier molecular flexibility index (Phi) is 5.89. The number of ether oxygens (including phenoxy) is 1. The number of hydrogen-bond donors (Lipinski definition) is 3. The van der Waals surface area contributed by atoms with Gasteiger partial charge in [0.25, 0.3) is 0 Å². The maximum atomic E-state index is 9.38. The molecular weight excluding hydrogens is 228 g/mol. The van der Waals surface area contributed by atoms with E-state index in [2.05, 4.69) is 10.6 Å². The molecule has 0 aromatic heterocycles. The number of nitrogens with one attached hydrogen (secondary N) is 2. The average molecular weight is 256 g/mol. The first-order valence-corrected chi connectivity index (χ1v) is 7.44. The van der Waals surface area contributed by atoms with Crippen LogP contribution in [0.4, 0.5) is 0 Å². The Hall–Kier alpha value is -0.160. The van der Waals surface area contributed by atoms with Crippen LogP contribution in [0.5, 0.6) is 0 Å². The van der Waals surface area contributed by atoms with Gasteiger partial charge in [-0.25, -0.2) is 0 Å². The number of aliphatic hydroxyl groups excluding tert-OH is 1. The average Bonchev–Trinajstić information content (AvgIpc) is 2.92. The van der Waals surface area contributed by atoms with Gasteiger partial charge in [-0.3, -0.25) is 0 Å². The zero-order valence-corrected chi connectivity index (χ0v) is 11.5. The highest BCUT2D eigenvalue weighted by Crippen LogP contribution is 2.30. The van der Waals surface area contributed by atoms with E-state index in [9.17, 15) is 5.11 Å². The molecule has 3 N–H and O–H groups in total. The minimum atomic E-state index is 0.0852. The Labute approximate surface area is 110 Å². The summed E-state index contributed by atoms with van der Waals surface area (Å²) in [4.78, 5) is 0. The van der Waals surface area contributed by atoms with Crippen molar-refractivity contribution in [3.63, 3.8) is 0 Å². The molecule has 0 aromatic rings. The maximum Gasteiger partial charge on any atom is 0.0638 e. The lowest BCUT2D eigenvalue weighted by molar-refractivity contribution is 0.103. The second kappa shape index (κ2) is 7.43. The molecule has 0 radical (unpaired) electrons. The fraction of sp³-hybridized carbons (Fsp3) is 1.00. The minimum Gasteiger partial charge on any atom is -0.395 e. The molecule has 1 saturated carbocycles. The van der Waals surface area contributed by atoms with E-state index in [1.54, 1.807) is 7.11 Å². The molecule has 4 heteroatoms. The Balaban J connectivity index is 1.89. The van der Waals surface area contributed by atoms with Crippen LogP contribution in [0.2, 0.25) is 0 Å². The van der Waals surface area contributed by atoms with Crippen molar-refractivity contribution in [3.8, 4) is 0 Å². The SMILES string of the molecule is COCC(CO)NC1CCCCC1C1CCCN1. The fourth-order valence-electron chi connectivity index (χ4n) is 3.58. The van der Waals surface area contributed by atoms with E-state index in [1.807, 2.05) is 0 Å². The van der Waals surface area contributed by atoms with E-state index in [1.165, 1.54) is 45.1 Å². The van der Waals surface area contributed by atoms with E-state index in [4.69, 9.17) is 4.74 Å². The van der Waals surface area contributed by atoms with Crippen molar-refractivity contribution >= 4 is 0 Å². The topological polar surface area (TPSA) is 53.5 Å². The lowest BCUT2D eigenvalue weighted by atomic mass is 9.79. The van der Waals surface area contributed by atoms with Crippen LogP contribution in [-0.2, 0) is 4.74 Å². The number of aliphatic hydroxyl groups is 1. The first-order chi connectivity index (χ1) is 8.85. The monoisotopic (exact) mass is 256 g/mol. The maximum absolute atomic E-state index is 9.38. The van der Waals surface area contributed by atoms with E-state index in [0.29, 0.717) is 18.7 Å². The molecule has 2 rings (SSSR count). The molecular formula is C14H28N2O2. The summed E-state index contributed by atoms with van der Waals surface area (Å²) >= 11 is 0. The van der Waals surface area contributed by atoms with E-state index < -0.39 is 0 Å². The van der Waals surface area contributed by atoms with Gasteiger partial charge in [0.2, 0.25) is 0 Å². The lowest BCUT2D eigenvalue weighted by Crippen LogP contribution is -2.52. The molecule has 4 unspecified atom stereocenters. The summed E-state index contributed by atoms with van der Waals surface area (Å²) in [5, 5.41) is 16.6. The Morgan fingerprint density at radius 2 is 2.11 bits per heavy atom. The molecule has 1 aliphatic heterocycles. The standard InChI is InChI=1S/C14H28N2O2/c1-18-10-11(9-17)16-14-6-3-2-5-12(14)13-7-4-8-15-13/h11-17H,2-10H2,1H3. The van der Waals surface area contributed by atoms with Gasteiger partial charge >= 0.3 is 0 Å². The molecule has 1 aliphatic carbocycles. The van der Waals surface area contributed by atoms with Crippen LogP contribution >= 0.6 is 0 Å². The van der Waals surface area contributed by atoms with Gasteiger partial charge in [0.05, 0.1) is 19.3 Å². The first kappa shape index (κ1) is 14.3. The van der Waals surface area contributed by atoms with Crippen molar-refractivity contribution in [3.05, 3.63) is 0 Å². The molecule has 1 heterocycles. The zero-order chi connectivity index (χ0) is 12.8. The predicted octanol–water partition coefficient (Wildman–Crippen LogP) is 0.894. The van der Waals surface area contributed by atoms with Crippen molar-refractivity contribution in [1.29, 1.82) is 0 Å². The molecule has 0 spiro atoms. The molecule has 0 bridgehead atoms. The van der Waals surface area contributed by atoms with Crippen LogP contribution in [0.1, 0.15) is 38.5 Å². The van der Waals surface area contributed by atoms with Crippen LogP contribution in [0.25, 0.3) is 0 Å². The van der Waals surface area contributed by atoms with Crippen molar-refractivity contribution in [2.24, 2.45) is 5.92 Å². The summed E-state index contributed by atoms with van der Waals surface area (Å²) in [7, 11) is 1.70. The van der Waals surface area contributed by atoms with Crippen LogP contribution in [-0.4, -0.2) is 50.1 Å². The summed E-state index contributed by atoms with van der Waals surface area (Å²) in [5.74, 6) is 0.729. The molecule has 106 valence electrons. The van der Waals surface area contributed by atoms with Gasteiger partial charge in [0, 0.05) is 19.2 Å². The number of hydrogen-bond acceptors (Lipinski definition) is 4. The second-order valence-electron chi connectivity index (χ2n) is 5.76. The molecule has 4 nitrogen and oxygen atoms in total. The highest BCUT2D eigenvalue weighted by atomic mass is 16.5. The molecule has 2 fully saturated rings. The fourth-order valence-corrected chi connectivity index (χ4v) is 3.58. The number of rotatable bonds is 6. The summed E-state index contributed by atoms with van der Waals surface area (Å²) in [6, 6.07) is 1.31. The van der Waals surface area contributed by atoms with Gasteiger partial charge < -0.3 is 20.5 Å². The third kappa shape index (κ3) is 3.67. The smallest absolute Gasteiger partial charge is 0.0638 e. The van der Waals surface area contributed by atoms with E-state index >= 15 is 0 Å². The van der Waals surface area contributed by atoms with Crippen LogP contribution in [0.3, 0.4) is 0 Å². The van der Waals surface area contributed by atoms with E-state index in [0.717, 1.165) is 5.92 Å². The molecule has 4 atom stereocenters. The molecule has 1 saturated heterocycles. The summed E-state index contributed by atoms with van der Waals surface area (Å²) in [6.45, 7) is 1.93. The van der Waals surface area contributed by atoms with E-state index in [-0.39, 0.29) is 12.6 Å². The normalized spacial score (nSPS) is 34.7. The van der Waals surface area contributed by atoms with Crippen LogP contribution < -0.4 is 10.6 Å². The predicted molar refractivity (Wildman–Crippen MR) is 72.7 cm³/mol. The van der Waals surface area contributed by atoms with Crippen LogP contribution in [0.15, 0.2) is 0 Å². The Morgan fingerprint density at radius 3 is 2.78 bits per heavy atom. The summed E-state index contributed by atoms with van der Waals surface area (Å²) in [5.41, 5.74) is 0. The third-order valence-electron chi connectivity index (χ3n) is 4.47. The summed E-state index contributed by atoms with van der Waals surface area (Å²) < 4.78 is 5.16. The van der Waals surface area contributed by atoms with Crippen LogP contribution in [0, 0.1) is 5.92 Å². The Bertz CT molecular complexity index is 232. The highest BCUT2D eigenvalue weighted by molar-refractivity contribution is 4.92. The zero-order valence-electron chi connectivity index (χ0n) is 11.5. The van der Waals surface area contributed by atoms with Crippen molar-refractivity contribution in [2.45, 2.75) is 56.7 Å². The minimum absolute atomic E-state index is 0.0852. The number of methoxy groups -OCH3 is 1. The Morgan fingerprint density at radius 1 is 1.28 bits per heavy atom. The van der Waals surface area contributed by atoms with Gasteiger partial charge in [-0.05, 0) is 38.1 Å². The molecule has 0 aromatic carbocycles.